The van der Waals surface area contributed by atoms with Crippen LogP contribution in [-0.2, 0) is 10.8 Å². The van der Waals surface area contributed by atoms with Gasteiger partial charge in [0.15, 0.2) is 0 Å². The van der Waals surface area contributed by atoms with Crippen molar-refractivity contribution in [2.24, 2.45) is 11.8 Å². The summed E-state index contributed by atoms with van der Waals surface area (Å²) in [4.78, 5) is 5.59. The SMILES string of the molecule is CCCCCCCCC1(CCCCCCCC)c2cc(N(C3=CCCC=C3C3C=CC=CC3)C3C=CC=CC3)ccc2-c2cc3c(cc21)-c1ccc(N(C2=CCCC=C2)C2C=CC=CC2C2=CCCC=C2)cc1C3(CCCCCCCC)CCCCCCCC. The van der Waals surface area contributed by atoms with Crippen LogP contribution in [0.15, 0.2) is 193 Å². The third kappa shape index (κ3) is 15.0. The van der Waals surface area contributed by atoms with Crippen LogP contribution in [-0.4, -0.2) is 12.1 Å². The van der Waals surface area contributed by atoms with Crippen LogP contribution in [0.2, 0.25) is 0 Å². The summed E-state index contributed by atoms with van der Waals surface area (Å²) in [5, 5.41) is 0. The Bertz CT molecular complexity index is 3200. The fourth-order valence-electron chi connectivity index (χ4n) is 17.6. The number of benzene rings is 3. The highest BCUT2D eigenvalue weighted by Crippen LogP contribution is 2.62. The van der Waals surface area contributed by atoms with Gasteiger partial charge in [-0.15, -0.1) is 0 Å². The Hall–Kier alpha value is -5.86. The fourth-order valence-corrected chi connectivity index (χ4v) is 17.6. The Balaban J connectivity index is 1.10. The second kappa shape index (κ2) is 33.1. The molecule has 11 rings (SSSR count). The van der Waals surface area contributed by atoms with E-state index in [4.69, 9.17) is 0 Å². The fraction of sp³-hybridized carbons (Fsp3) is 0.523. The van der Waals surface area contributed by atoms with Crippen molar-refractivity contribution < 1.29 is 0 Å². The van der Waals surface area contributed by atoms with Gasteiger partial charge in [-0.3, -0.25) is 0 Å². The average Bonchev–Trinajstić information content (AvgIpc) is 1.57. The molecule has 3 aromatic carbocycles. The standard InChI is InChI=1S/C88H116N2/c1-5-9-13-17-21-41-61-87(62-42-22-18-14-10-6-2)81-65-73(89(71-49-33-27-34-50-71)85-55-39-37-53-75(85)69-45-29-25-30-46-69)57-59-77(81)79-68-84-80(67-83(79)87)78-60-58-74(66-82(78)88(84,63-43-23-19-15-11-7-3)64-44-24-20-16-12-8-4)90(72-51-35-28-36-52-72)86-56-40-38-54-76(86)70-47-31-26-32-48-70/h25,27,29-31,33-35,38,40,45,47-49,51-60,65-69,71,76,86H,5-24,26,28,32,36-37,39,41-44,46,50,61-64H2,1-4H3. The highest BCUT2D eigenvalue weighted by Gasteiger charge is 2.49. The third-order valence-corrected chi connectivity index (χ3v) is 22.4. The Morgan fingerprint density at radius 3 is 1.34 bits per heavy atom. The first-order valence-electron chi connectivity index (χ1n) is 37.8. The summed E-state index contributed by atoms with van der Waals surface area (Å²) in [7, 11) is 0. The van der Waals surface area contributed by atoms with Gasteiger partial charge in [0, 0.05) is 45.4 Å². The molecule has 90 heavy (non-hydrogen) atoms. The van der Waals surface area contributed by atoms with E-state index < -0.39 is 0 Å². The maximum atomic E-state index is 2.90. The minimum absolute atomic E-state index is 0.0751. The predicted molar refractivity (Wildman–Crippen MR) is 393 cm³/mol. The molecule has 8 aliphatic rings. The van der Waals surface area contributed by atoms with E-state index in [-0.39, 0.29) is 28.8 Å². The minimum atomic E-state index is -0.0789. The van der Waals surface area contributed by atoms with E-state index in [2.05, 4.69) is 208 Å². The first-order chi connectivity index (χ1) is 44.5. The van der Waals surface area contributed by atoms with Crippen molar-refractivity contribution in [1.29, 1.82) is 0 Å². The lowest BCUT2D eigenvalue weighted by Gasteiger charge is -2.40. The van der Waals surface area contributed by atoms with E-state index >= 15 is 0 Å². The summed E-state index contributed by atoms with van der Waals surface area (Å²) in [6, 6.07) is 22.3. The number of hydrogen-bond donors (Lipinski definition) is 0. The largest absolute Gasteiger partial charge is 0.334 e. The van der Waals surface area contributed by atoms with Crippen molar-refractivity contribution in [3.63, 3.8) is 0 Å². The number of unbranched alkanes of at least 4 members (excludes halogenated alkanes) is 20. The zero-order valence-electron chi connectivity index (χ0n) is 56.8. The molecule has 0 amide bonds. The zero-order valence-corrected chi connectivity index (χ0v) is 56.8. The lowest BCUT2D eigenvalue weighted by atomic mass is 9.68. The van der Waals surface area contributed by atoms with Crippen molar-refractivity contribution in [2.45, 2.75) is 282 Å². The van der Waals surface area contributed by atoms with Crippen LogP contribution >= 0.6 is 0 Å². The van der Waals surface area contributed by atoms with E-state index in [1.54, 1.807) is 33.4 Å². The molecule has 0 saturated carbocycles. The molecule has 478 valence electrons. The molecule has 0 spiro atoms. The average molecular weight is 1200 g/mol. The van der Waals surface area contributed by atoms with Crippen LogP contribution in [0.1, 0.15) is 281 Å². The lowest BCUT2D eigenvalue weighted by molar-refractivity contribution is 0.394. The molecule has 3 aromatic rings. The van der Waals surface area contributed by atoms with E-state index in [1.807, 2.05) is 0 Å². The molecule has 0 saturated heterocycles. The summed E-state index contributed by atoms with van der Waals surface area (Å²) in [6.45, 7) is 9.49. The zero-order chi connectivity index (χ0) is 61.8. The molecule has 0 radical (unpaired) electrons. The van der Waals surface area contributed by atoms with Crippen molar-refractivity contribution in [3.05, 3.63) is 215 Å². The molecule has 2 heteroatoms. The first kappa shape index (κ1) is 65.6. The van der Waals surface area contributed by atoms with Crippen molar-refractivity contribution >= 4 is 11.4 Å². The number of rotatable bonds is 36. The normalized spacial score (nSPS) is 21.2. The molecule has 0 heterocycles. The van der Waals surface area contributed by atoms with Gasteiger partial charge in [0.1, 0.15) is 0 Å². The summed E-state index contributed by atoms with van der Waals surface area (Å²) < 4.78 is 0. The van der Waals surface area contributed by atoms with Gasteiger partial charge >= 0.3 is 0 Å². The van der Waals surface area contributed by atoms with Crippen molar-refractivity contribution in [2.75, 3.05) is 9.80 Å². The minimum Gasteiger partial charge on any atom is -0.334 e. The molecule has 0 fully saturated rings. The van der Waals surface area contributed by atoms with E-state index in [0.29, 0.717) is 5.92 Å². The van der Waals surface area contributed by atoms with E-state index in [1.165, 1.54) is 225 Å². The molecule has 4 atom stereocenters. The highest BCUT2D eigenvalue weighted by molar-refractivity contribution is 5.92. The molecule has 0 bridgehead atoms. The topological polar surface area (TPSA) is 6.48 Å². The van der Waals surface area contributed by atoms with Crippen LogP contribution < -0.4 is 9.80 Å². The first-order valence-corrected chi connectivity index (χ1v) is 37.8. The molecule has 0 aromatic heterocycles. The van der Waals surface area contributed by atoms with Crippen molar-refractivity contribution in [3.8, 4) is 22.3 Å². The number of hydrogen-bond acceptors (Lipinski definition) is 2. The monoisotopic (exact) mass is 1200 g/mol. The molecule has 8 aliphatic carbocycles. The van der Waals surface area contributed by atoms with E-state index in [9.17, 15) is 0 Å². The van der Waals surface area contributed by atoms with E-state index in [0.717, 1.165) is 51.4 Å². The van der Waals surface area contributed by atoms with Crippen LogP contribution in [0.25, 0.3) is 22.3 Å². The van der Waals surface area contributed by atoms with Crippen LogP contribution in [0.4, 0.5) is 11.4 Å². The van der Waals surface area contributed by atoms with Gasteiger partial charge in [-0.25, -0.2) is 0 Å². The summed E-state index contributed by atoms with van der Waals surface area (Å²) in [5.74, 6) is 0.685. The number of nitrogens with zero attached hydrogens (tertiary/aromatic N) is 2. The van der Waals surface area contributed by atoms with Gasteiger partial charge in [-0.2, -0.15) is 0 Å². The molecule has 4 unspecified atom stereocenters. The smallest absolute Gasteiger partial charge is 0.0628 e. The molecule has 0 aliphatic heterocycles. The quantitative estimate of drug-likeness (QED) is 0.0536. The van der Waals surface area contributed by atoms with Gasteiger partial charge in [-0.05, 0) is 175 Å². The van der Waals surface area contributed by atoms with Gasteiger partial charge in [0.05, 0.1) is 12.1 Å². The maximum absolute atomic E-state index is 2.90. The van der Waals surface area contributed by atoms with Crippen LogP contribution in [0, 0.1) is 11.8 Å². The van der Waals surface area contributed by atoms with Gasteiger partial charge in [0.25, 0.3) is 0 Å². The second-order valence-corrected chi connectivity index (χ2v) is 28.6. The molecule has 0 N–H and O–H groups in total. The Morgan fingerprint density at radius 1 is 0.378 bits per heavy atom. The van der Waals surface area contributed by atoms with Gasteiger partial charge in [-0.1, -0.05) is 309 Å². The Labute approximate surface area is 548 Å². The predicted octanol–water partition coefficient (Wildman–Crippen LogP) is 26.1. The van der Waals surface area contributed by atoms with Crippen LogP contribution in [0.3, 0.4) is 0 Å². The maximum Gasteiger partial charge on any atom is 0.0628 e. The van der Waals surface area contributed by atoms with Gasteiger partial charge in [0.2, 0.25) is 0 Å². The summed E-state index contributed by atoms with van der Waals surface area (Å²) in [5.41, 5.74) is 21.1. The highest BCUT2D eigenvalue weighted by atomic mass is 15.2. The number of anilines is 2. The number of fused-ring (bicyclic) bond motifs is 6. The number of allylic oxidation sites excluding steroid dienone is 17. The molecule has 2 nitrogen and oxygen atoms in total. The van der Waals surface area contributed by atoms with Gasteiger partial charge < -0.3 is 9.80 Å². The summed E-state index contributed by atoms with van der Waals surface area (Å²) in [6.07, 6.45) is 94.0. The lowest BCUT2D eigenvalue weighted by Crippen LogP contribution is -2.40. The summed E-state index contributed by atoms with van der Waals surface area (Å²) >= 11 is 0. The Kier molecular flexibility index (Phi) is 24.2. The third-order valence-electron chi connectivity index (χ3n) is 22.4. The van der Waals surface area contributed by atoms with Crippen LogP contribution in [0.5, 0.6) is 0 Å². The Morgan fingerprint density at radius 2 is 0.844 bits per heavy atom. The van der Waals surface area contributed by atoms with Crippen molar-refractivity contribution in [1.82, 2.24) is 0 Å². The molecular formula is C88H116N2. The molecular weight excluding hydrogens is 1080 g/mol. The second-order valence-electron chi connectivity index (χ2n) is 28.6.